The van der Waals surface area contributed by atoms with Crippen molar-refractivity contribution in [2.24, 2.45) is 0 Å². The van der Waals surface area contributed by atoms with Crippen molar-refractivity contribution in [1.29, 1.82) is 0 Å². The number of thioether (sulfide) groups is 1. The average molecular weight is 586 g/mol. The first-order valence-electron chi connectivity index (χ1n) is 12.9. The van der Waals surface area contributed by atoms with Gasteiger partial charge in [-0.05, 0) is 23.3 Å². The van der Waals surface area contributed by atoms with Crippen molar-refractivity contribution in [3.63, 3.8) is 0 Å². The lowest BCUT2D eigenvalue weighted by molar-refractivity contribution is -0.0198. The van der Waals surface area contributed by atoms with Gasteiger partial charge in [0.2, 0.25) is 11.2 Å². The molecule has 0 bridgehead atoms. The van der Waals surface area contributed by atoms with Gasteiger partial charge in [0, 0.05) is 42.1 Å². The van der Waals surface area contributed by atoms with Crippen LogP contribution in [0.1, 0.15) is 33.2 Å². The molecule has 2 aromatic carbocycles. The van der Waals surface area contributed by atoms with Crippen LogP contribution in [0.5, 0.6) is 5.75 Å². The Morgan fingerprint density at radius 1 is 1.10 bits per heavy atom. The normalized spacial score (nSPS) is 19.4. The van der Waals surface area contributed by atoms with E-state index in [1.807, 2.05) is 24.3 Å². The maximum Gasteiger partial charge on any atom is 0.514 e. The number of halogens is 2. The molecule has 1 aromatic heterocycles. The van der Waals surface area contributed by atoms with Crippen molar-refractivity contribution in [2.75, 3.05) is 45.1 Å². The van der Waals surface area contributed by atoms with Crippen LogP contribution in [-0.2, 0) is 20.0 Å². The molecular formula is C28H25F2N3O7S. The van der Waals surface area contributed by atoms with E-state index in [1.165, 1.54) is 46.8 Å². The maximum absolute atomic E-state index is 15.3. The van der Waals surface area contributed by atoms with Crippen LogP contribution in [0, 0.1) is 11.6 Å². The molecule has 1 amide bonds. The van der Waals surface area contributed by atoms with Gasteiger partial charge in [0.15, 0.2) is 17.3 Å². The number of rotatable bonds is 5. The van der Waals surface area contributed by atoms with Gasteiger partial charge in [-0.15, -0.1) is 11.8 Å². The van der Waals surface area contributed by atoms with E-state index < -0.39 is 47.1 Å². The summed E-state index contributed by atoms with van der Waals surface area (Å²) in [6.07, 6.45) is -0.448. The summed E-state index contributed by atoms with van der Waals surface area (Å²) in [7, 11) is 1.43. The molecule has 0 unspecified atom stereocenters. The van der Waals surface area contributed by atoms with Gasteiger partial charge in [0.1, 0.15) is 12.8 Å². The lowest BCUT2D eigenvalue weighted by atomic mass is 9.93. The number of benzene rings is 2. The van der Waals surface area contributed by atoms with Crippen LogP contribution in [0.25, 0.3) is 0 Å². The number of amides is 1. The SMILES string of the molecule is COCCOC(=O)Oc1c2n(ccc1=O)N([C@@H]1c3ccccc3SCc3c1ccc(F)c3F)[C@@H]1COCCN1C2=O. The second kappa shape index (κ2) is 11.1. The number of ether oxygens (including phenoxy) is 4. The number of hydrogen-bond acceptors (Lipinski definition) is 9. The Kier molecular flexibility index (Phi) is 7.41. The number of fused-ring (bicyclic) bond motifs is 4. The van der Waals surface area contributed by atoms with E-state index in [0.29, 0.717) is 5.56 Å². The third-order valence-corrected chi connectivity index (χ3v) is 8.34. The van der Waals surface area contributed by atoms with Crippen LogP contribution < -0.4 is 15.2 Å². The topological polar surface area (TPSA) is 99.5 Å². The van der Waals surface area contributed by atoms with Crippen molar-refractivity contribution in [3.8, 4) is 5.75 Å². The Morgan fingerprint density at radius 2 is 1.93 bits per heavy atom. The molecule has 0 saturated carbocycles. The fraction of sp³-hybridized carbons (Fsp3) is 0.321. The van der Waals surface area contributed by atoms with E-state index >= 15 is 4.39 Å². The van der Waals surface area contributed by atoms with Gasteiger partial charge >= 0.3 is 6.16 Å². The lowest BCUT2D eigenvalue weighted by Gasteiger charge is -2.51. The number of aromatic nitrogens is 1. The Hall–Kier alpha value is -3.94. The Bertz CT molecular complexity index is 1580. The van der Waals surface area contributed by atoms with E-state index in [-0.39, 0.29) is 50.0 Å². The van der Waals surface area contributed by atoms with Gasteiger partial charge in [0.05, 0.1) is 25.9 Å². The fourth-order valence-electron chi connectivity index (χ4n) is 5.39. The summed E-state index contributed by atoms with van der Waals surface area (Å²) in [6, 6.07) is 10.5. The number of methoxy groups -OCH3 is 1. The predicted molar refractivity (Wildman–Crippen MR) is 143 cm³/mol. The molecule has 214 valence electrons. The molecule has 3 aliphatic rings. The molecule has 13 heteroatoms. The van der Waals surface area contributed by atoms with Crippen LogP contribution in [-0.4, -0.2) is 67.9 Å². The van der Waals surface area contributed by atoms with E-state index in [9.17, 15) is 18.8 Å². The highest BCUT2D eigenvalue weighted by Crippen LogP contribution is 2.45. The highest BCUT2D eigenvalue weighted by atomic mass is 32.2. The molecule has 2 atom stereocenters. The van der Waals surface area contributed by atoms with Crippen molar-refractivity contribution in [1.82, 2.24) is 9.58 Å². The molecule has 1 saturated heterocycles. The number of carbonyl (C=O) groups is 2. The van der Waals surface area contributed by atoms with Gasteiger partial charge < -0.3 is 23.8 Å². The third-order valence-electron chi connectivity index (χ3n) is 7.23. The van der Waals surface area contributed by atoms with Gasteiger partial charge in [-0.3, -0.25) is 19.3 Å². The summed E-state index contributed by atoms with van der Waals surface area (Å²) in [4.78, 5) is 41.7. The molecule has 10 nitrogen and oxygen atoms in total. The first kappa shape index (κ1) is 27.2. The molecule has 4 heterocycles. The maximum atomic E-state index is 15.3. The van der Waals surface area contributed by atoms with Crippen molar-refractivity contribution >= 4 is 23.8 Å². The summed E-state index contributed by atoms with van der Waals surface area (Å²) in [6.45, 7) is 0.535. The summed E-state index contributed by atoms with van der Waals surface area (Å²) >= 11 is 1.38. The molecule has 3 aliphatic heterocycles. The molecule has 3 aromatic rings. The van der Waals surface area contributed by atoms with E-state index in [2.05, 4.69) is 0 Å². The minimum atomic E-state index is -1.17. The smallest absolute Gasteiger partial charge is 0.432 e. The first-order chi connectivity index (χ1) is 19.9. The summed E-state index contributed by atoms with van der Waals surface area (Å²) in [5, 5.41) is 1.79. The molecule has 1 fully saturated rings. The zero-order chi connectivity index (χ0) is 28.7. The van der Waals surface area contributed by atoms with Crippen molar-refractivity contribution < 1.29 is 37.3 Å². The van der Waals surface area contributed by atoms with Gasteiger partial charge in [-0.25, -0.2) is 13.6 Å². The molecule has 41 heavy (non-hydrogen) atoms. The van der Waals surface area contributed by atoms with Crippen molar-refractivity contribution in [3.05, 3.63) is 92.9 Å². The molecule has 6 rings (SSSR count). The standard InChI is InChI=1S/C28H25F2N3O7S/c1-37-12-13-39-28(36)40-26-20(34)8-9-32-25(26)27(35)31-10-11-38-14-22(31)33(32)24-16-6-7-19(29)23(30)18(16)15-41-21-5-3-2-4-17(21)24/h2-9,22,24H,10-15H2,1H3/t22-,24+/m1/s1. The van der Waals surface area contributed by atoms with Crippen LogP contribution in [0.4, 0.5) is 13.6 Å². The fourth-order valence-corrected chi connectivity index (χ4v) is 6.50. The molecule has 0 N–H and O–H groups in total. The Morgan fingerprint density at radius 3 is 2.76 bits per heavy atom. The van der Waals surface area contributed by atoms with E-state index in [4.69, 9.17) is 18.9 Å². The summed E-state index contributed by atoms with van der Waals surface area (Å²) in [5.74, 6) is -2.77. The average Bonchev–Trinajstić information content (AvgIpc) is 3.14. The first-order valence-corrected chi connectivity index (χ1v) is 13.8. The van der Waals surface area contributed by atoms with Crippen molar-refractivity contribution in [2.45, 2.75) is 22.9 Å². The molecule has 0 radical (unpaired) electrons. The Balaban J connectivity index is 1.57. The zero-order valence-corrected chi connectivity index (χ0v) is 22.7. The quantitative estimate of drug-likeness (QED) is 0.329. The van der Waals surface area contributed by atoms with E-state index in [0.717, 1.165) is 16.5 Å². The Labute approximate surface area is 237 Å². The predicted octanol–water partition coefficient (Wildman–Crippen LogP) is 3.43. The van der Waals surface area contributed by atoms with Crippen LogP contribution >= 0.6 is 11.8 Å². The monoisotopic (exact) mass is 585 g/mol. The number of morpholine rings is 1. The number of nitrogens with zero attached hydrogens (tertiary/aromatic N) is 3. The number of hydrogen-bond donors (Lipinski definition) is 0. The van der Waals surface area contributed by atoms with Gasteiger partial charge in [-0.1, -0.05) is 24.3 Å². The summed E-state index contributed by atoms with van der Waals surface area (Å²) < 4.78 is 52.1. The highest BCUT2D eigenvalue weighted by Gasteiger charge is 2.46. The zero-order valence-electron chi connectivity index (χ0n) is 21.9. The molecule has 0 spiro atoms. The number of carbonyl (C=O) groups excluding carboxylic acids is 2. The minimum absolute atomic E-state index is 0.109. The summed E-state index contributed by atoms with van der Waals surface area (Å²) in [5.41, 5.74) is 0.570. The second-order valence-corrected chi connectivity index (χ2v) is 10.5. The largest absolute Gasteiger partial charge is 0.514 e. The van der Waals surface area contributed by atoms with E-state index in [1.54, 1.807) is 5.01 Å². The third kappa shape index (κ3) is 4.73. The lowest BCUT2D eigenvalue weighted by Crippen LogP contribution is -2.66. The van der Waals surface area contributed by atoms with Crippen LogP contribution in [0.2, 0.25) is 0 Å². The highest BCUT2D eigenvalue weighted by molar-refractivity contribution is 7.98. The van der Waals surface area contributed by atoms with Gasteiger partial charge in [-0.2, -0.15) is 0 Å². The second-order valence-electron chi connectivity index (χ2n) is 9.49. The van der Waals surface area contributed by atoms with Crippen LogP contribution in [0.3, 0.4) is 0 Å². The minimum Gasteiger partial charge on any atom is -0.432 e. The number of pyridine rings is 1. The van der Waals surface area contributed by atoms with Gasteiger partial charge in [0.25, 0.3) is 5.91 Å². The van der Waals surface area contributed by atoms with Crippen LogP contribution in [0.15, 0.2) is 58.4 Å². The molecular weight excluding hydrogens is 560 g/mol. The molecule has 0 aliphatic carbocycles.